The van der Waals surface area contributed by atoms with E-state index in [1.807, 2.05) is 13.0 Å². The number of hydrogen-bond donors (Lipinski definition) is 2. The van der Waals surface area contributed by atoms with Crippen molar-refractivity contribution in [3.63, 3.8) is 0 Å². The van der Waals surface area contributed by atoms with E-state index in [1.54, 1.807) is 38.1 Å². The summed E-state index contributed by atoms with van der Waals surface area (Å²) in [4.78, 5) is 23.3. The maximum atomic E-state index is 11.7. The number of nitrogens with zero attached hydrogens (tertiary/aromatic N) is 1. The Morgan fingerprint density at radius 2 is 1.87 bits per heavy atom. The molecule has 0 spiro atoms. The van der Waals surface area contributed by atoms with Gasteiger partial charge >= 0.3 is 11.8 Å². The molecule has 0 saturated heterocycles. The molecule has 0 unspecified atom stereocenters. The van der Waals surface area contributed by atoms with Crippen molar-refractivity contribution in [1.29, 1.82) is 0 Å². The molecule has 31 heavy (non-hydrogen) atoms. The van der Waals surface area contributed by atoms with Crippen molar-refractivity contribution in [2.24, 2.45) is 5.10 Å². The van der Waals surface area contributed by atoms with Crippen LogP contribution in [0.4, 0.5) is 0 Å². The lowest BCUT2D eigenvalue weighted by Crippen LogP contribution is -2.41. The Morgan fingerprint density at radius 3 is 2.52 bits per heavy atom. The van der Waals surface area contributed by atoms with Crippen LogP contribution in [0.3, 0.4) is 0 Å². The summed E-state index contributed by atoms with van der Waals surface area (Å²) in [6.45, 7) is 6.04. The molecule has 10 heteroatoms. The number of ether oxygens (including phenoxy) is 2. The topological polar surface area (TPSA) is 89.0 Å². The lowest BCUT2D eigenvalue weighted by Gasteiger charge is -2.15. The van der Waals surface area contributed by atoms with Gasteiger partial charge in [0.2, 0.25) is 0 Å². The molecule has 0 aromatic heterocycles. The minimum Gasteiger partial charge on any atom is -0.490 e. The van der Waals surface area contributed by atoms with E-state index in [0.717, 1.165) is 5.56 Å². The predicted molar refractivity (Wildman–Crippen MR) is 125 cm³/mol. The van der Waals surface area contributed by atoms with Crippen LogP contribution in [-0.4, -0.2) is 30.7 Å². The molecule has 166 valence electrons. The lowest BCUT2D eigenvalue weighted by molar-refractivity contribution is -0.139. The molecule has 0 atom stereocenters. The van der Waals surface area contributed by atoms with Gasteiger partial charge in [-0.05, 0) is 72.1 Å². The van der Waals surface area contributed by atoms with Gasteiger partial charge in [0.15, 0.2) is 11.5 Å². The predicted octanol–water partition coefficient (Wildman–Crippen LogP) is 4.71. The molecule has 0 radical (unpaired) electrons. The first-order valence-electron chi connectivity index (χ1n) is 9.38. The number of amides is 2. The van der Waals surface area contributed by atoms with Gasteiger partial charge in [-0.2, -0.15) is 5.10 Å². The summed E-state index contributed by atoms with van der Waals surface area (Å²) in [5.41, 5.74) is 3.66. The fraction of sp³-hybridized carbons (Fsp3) is 0.286. The molecule has 7 nitrogen and oxygen atoms in total. The van der Waals surface area contributed by atoms with Crippen LogP contribution in [0.15, 0.2) is 39.9 Å². The summed E-state index contributed by atoms with van der Waals surface area (Å²) < 4.78 is 12.2. The zero-order chi connectivity index (χ0) is 23.0. The number of nitrogens with one attached hydrogen (secondary N) is 2. The van der Waals surface area contributed by atoms with Gasteiger partial charge < -0.3 is 14.8 Å². The summed E-state index contributed by atoms with van der Waals surface area (Å²) in [7, 11) is 0. The number of benzene rings is 2. The summed E-state index contributed by atoms with van der Waals surface area (Å²) in [5, 5.41) is 7.22. The van der Waals surface area contributed by atoms with Gasteiger partial charge in [0, 0.05) is 6.04 Å². The summed E-state index contributed by atoms with van der Waals surface area (Å²) in [6, 6.07) is 8.57. The Hall–Kier alpha value is -2.29. The van der Waals surface area contributed by atoms with E-state index in [2.05, 4.69) is 31.8 Å². The first-order valence-corrected chi connectivity index (χ1v) is 10.9. The van der Waals surface area contributed by atoms with Gasteiger partial charge in [0.25, 0.3) is 0 Å². The van der Waals surface area contributed by atoms with Gasteiger partial charge in [0.1, 0.15) is 6.61 Å². The minimum atomic E-state index is -0.851. The molecule has 0 bridgehead atoms. The van der Waals surface area contributed by atoms with Crippen molar-refractivity contribution >= 4 is 57.2 Å². The zero-order valence-corrected chi connectivity index (χ0v) is 20.3. The van der Waals surface area contributed by atoms with Crippen molar-refractivity contribution < 1.29 is 19.1 Å². The normalized spacial score (nSPS) is 10.9. The molecule has 0 aliphatic carbocycles. The van der Waals surface area contributed by atoms with Crippen LogP contribution in [0.5, 0.6) is 11.5 Å². The van der Waals surface area contributed by atoms with Gasteiger partial charge in [-0.1, -0.05) is 29.3 Å². The fourth-order valence-corrected chi connectivity index (χ4v) is 3.29. The van der Waals surface area contributed by atoms with Gasteiger partial charge in [-0.15, -0.1) is 0 Å². The first-order chi connectivity index (χ1) is 14.7. The Kier molecular flexibility index (Phi) is 9.61. The van der Waals surface area contributed by atoms with E-state index in [1.165, 1.54) is 6.21 Å². The second-order valence-electron chi connectivity index (χ2n) is 6.63. The van der Waals surface area contributed by atoms with Crippen LogP contribution in [-0.2, 0) is 16.2 Å². The zero-order valence-electron chi connectivity index (χ0n) is 17.2. The third-order valence-electron chi connectivity index (χ3n) is 3.70. The highest BCUT2D eigenvalue weighted by Gasteiger charge is 2.14. The molecule has 2 aromatic rings. The second-order valence-corrected chi connectivity index (χ2v) is 8.30. The molecule has 0 heterocycles. The number of carbonyl (C=O) groups excluding carboxylic acids is 2. The van der Waals surface area contributed by atoms with E-state index in [4.69, 9.17) is 32.7 Å². The summed E-state index contributed by atoms with van der Waals surface area (Å²) in [6.07, 6.45) is 1.40. The highest BCUT2D eigenvalue weighted by molar-refractivity contribution is 9.10. The van der Waals surface area contributed by atoms with Crippen LogP contribution < -0.4 is 20.2 Å². The number of carbonyl (C=O) groups is 2. The number of halogens is 3. The fourth-order valence-electron chi connectivity index (χ4n) is 2.39. The maximum Gasteiger partial charge on any atom is 0.329 e. The third kappa shape index (κ3) is 7.72. The Bertz CT molecular complexity index is 983. The largest absolute Gasteiger partial charge is 0.490 e. The molecular formula is C21H22BrCl2N3O4. The molecule has 0 aliphatic heterocycles. The molecule has 2 aromatic carbocycles. The van der Waals surface area contributed by atoms with Crippen LogP contribution in [0, 0.1) is 0 Å². The highest BCUT2D eigenvalue weighted by atomic mass is 79.9. The Balaban J connectivity index is 2.12. The van der Waals surface area contributed by atoms with Crippen LogP contribution in [0.25, 0.3) is 0 Å². The average molecular weight is 531 g/mol. The highest BCUT2D eigenvalue weighted by Crippen LogP contribution is 2.37. The molecule has 0 fully saturated rings. The van der Waals surface area contributed by atoms with Crippen molar-refractivity contribution in [2.45, 2.75) is 33.4 Å². The quantitative estimate of drug-likeness (QED) is 0.294. The second kappa shape index (κ2) is 11.9. The minimum absolute atomic E-state index is 0.150. The number of rotatable bonds is 8. The van der Waals surface area contributed by atoms with E-state index >= 15 is 0 Å². The first kappa shape index (κ1) is 25.0. The smallest absolute Gasteiger partial charge is 0.329 e. The van der Waals surface area contributed by atoms with Crippen LogP contribution >= 0.6 is 39.1 Å². The van der Waals surface area contributed by atoms with Gasteiger partial charge in [0.05, 0.1) is 27.3 Å². The summed E-state index contributed by atoms with van der Waals surface area (Å²) in [5.74, 6) is -0.613. The van der Waals surface area contributed by atoms with Crippen molar-refractivity contribution in [3.05, 3.63) is 56.0 Å². The molecular weight excluding hydrogens is 509 g/mol. The Morgan fingerprint density at radius 1 is 1.13 bits per heavy atom. The SMILES string of the molecule is CCOc1cc(/C=N\NC(=O)C(=O)NC(C)C)cc(Br)c1OCc1ccc(Cl)c(Cl)c1. The van der Waals surface area contributed by atoms with Crippen molar-refractivity contribution in [1.82, 2.24) is 10.7 Å². The van der Waals surface area contributed by atoms with Gasteiger partial charge in [-0.25, -0.2) is 5.43 Å². The molecule has 2 amide bonds. The molecule has 2 rings (SSSR count). The van der Waals surface area contributed by atoms with Crippen LogP contribution in [0.1, 0.15) is 31.9 Å². The van der Waals surface area contributed by atoms with Crippen molar-refractivity contribution in [2.75, 3.05) is 6.61 Å². The third-order valence-corrected chi connectivity index (χ3v) is 5.03. The lowest BCUT2D eigenvalue weighted by atomic mass is 10.2. The summed E-state index contributed by atoms with van der Waals surface area (Å²) >= 11 is 15.5. The van der Waals surface area contributed by atoms with E-state index in [9.17, 15) is 9.59 Å². The van der Waals surface area contributed by atoms with Crippen molar-refractivity contribution in [3.8, 4) is 11.5 Å². The molecule has 2 N–H and O–H groups in total. The average Bonchev–Trinajstić information content (AvgIpc) is 2.69. The Labute approximate surface area is 199 Å². The number of hydrogen-bond acceptors (Lipinski definition) is 5. The van der Waals surface area contributed by atoms with Crippen LogP contribution in [0.2, 0.25) is 10.0 Å². The number of hydrazone groups is 1. The van der Waals surface area contributed by atoms with E-state index in [0.29, 0.717) is 38.2 Å². The van der Waals surface area contributed by atoms with E-state index < -0.39 is 11.8 Å². The molecule has 0 aliphatic rings. The van der Waals surface area contributed by atoms with Gasteiger partial charge in [-0.3, -0.25) is 9.59 Å². The standard InChI is InChI=1S/C21H22BrCl2N3O4/c1-4-30-18-9-14(10-25-27-21(29)20(28)26-12(2)3)7-15(22)19(18)31-11-13-5-6-16(23)17(24)8-13/h5-10,12H,4,11H2,1-3H3,(H,26,28)(H,27,29)/b25-10-. The maximum absolute atomic E-state index is 11.7. The molecule has 0 saturated carbocycles. The van der Waals surface area contributed by atoms with E-state index in [-0.39, 0.29) is 12.6 Å². The monoisotopic (exact) mass is 529 g/mol.